The maximum Gasteiger partial charge on any atom is 0.128 e. The smallest absolute Gasteiger partial charge is 0.128 e. The third-order valence-electron chi connectivity index (χ3n) is 3.27. The van der Waals surface area contributed by atoms with Crippen molar-refractivity contribution >= 4 is 17.4 Å². The lowest BCUT2D eigenvalue weighted by molar-refractivity contribution is -0.255. The lowest BCUT2D eigenvalue weighted by atomic mass is 10.1. The number of nitrogens with one attached hydrogen (secondary N) is 1. The van der Waals surface area contributed by atoms with Gasteiger partial charge in [0, 0.05) is 5.56 Å². The Bertz CT molecular complexity index is 724. The molecule has 0 fully saturated rings. The Morgan fingerprint density at radius 1 is 1.09 bits per heavy atom. The Morgan fingerprint density at radius 2 is 1.78 bits per heavy atom. The van der Waals surface area contributed by atoms with Crippen molar-refractivity contribution in [3.05, 3.63) is 53.6 Å². The summed E-state index contributed by atoms with van der Waals surface area (Å²) in [5.74, 6) is 0.173. The van der Waals surface area contributed by atoms with Crippen LogP contribution in [0.4, 0.5) is 5.69 Å². The SMILES string of the molecule is COc1ccc(OC)c(/C(C)=N\Nc2ccc(C(=O)[O-])cc2)c1. The van der Waals surface area contributed by atoms with Gasteiger partial charge in [-0.2, -0.15) is 5.10 Å². The number of hydrogen-bond acceptors (Lipinski definition) is 6. The molecule has 2 aromatic rings. The first-order valence-corrected chi connectivity index (χ1v) is 6.89. The summed E-state index contributed by atoms with van der Waals surface area (Å²) in [6.07, 6.45) is 0. The van der Waals surface area contributed by atoms with Gasteiger partial charge in [0.15, 0.2) is 0 Å². The number of hydrazone groups is 1. The fraction of sp³-hybridized carbons (Fsp3) is 0.176. The van der Waals surface area contributed by atoms with E-state index in [-0.39, 0.29) is 5.56 Å². The molecule has 0 atom stereocenters. The summed E-state index contributed by atoms with van der Waals surface area (Å²) in [6.45, 7) is 1.83. The molecule has 0 radical (unpaired) electrons. The minimum atomic E-state index is -1.21. The van der Waals surface area contributed by atoms with Gasteiger partial charge in [-0.3, -0.25) is 5.43 Å². The maximum atomic E-state index is 10.7. The molecule has 0 heterocycles. The quantitative estimate of drug-likeness (QED) is 0.650. The van der Waals surface area contributed by atoms with E-state index in [9.17, 15) is 9.90 Å². The summed E-state index contributed by atoms with van der Waals surface area (Å²) >= 11 is 0. The van der Waals surface area contributed by atoms with Gasteiger partial charge in [0.05, 0.1) is 31.6 Å². The van der Waals surface area contributed by atoms with Gasteiger partial charge in [0.1, 0.15) is 11.5 Å². The molecule has 0 bridgehead atoms. The average molecular weight is 313 g/mol. The van der Waals surface area contributed by atoms with Crippen LogP contribution in [0.5, 0.6) is 11.5 Å². The van der Waals surface area contributed by atoms with Crippen molar-refractivity contribution in [2.75, 3.05) is 19.6 Å². The minimum Gasteiger partial charge on any atom is -0.545 e. The van der Waals surface area contributed by atoms with E-state index < -0.39 is 5.97 Å². The molecule has 0 aliphatic carbocycles. The number of carboxylic acids is 1. The highest BCUT2D eigenvalue weighted by Gasteiger charge is 2.08. The molecule has 0 aliphatic heterocycles. The number of nitrogens with zero attached hydrogens (tertiary/aromatic N) is 1. The first-order chi connectivity index (χ1) is 11.0. The minimum absolute atomic E-state index is 0.116. The van der Waals surface area contributed by atoms with Crippen LogP contribution in [0, 0.1) is 0 Å². The van der Waals surface area contributed by atoms with Crippen LogP contribution in [-0.2, 0) is 0 Å². The van der Waals surface area contributed by atoms with E-state index in [0.29, 0.717) is 22.9 Å². The van der Waals surface area contributed by atoms with Crippen LogP contribution in [0.15, 0.2) is 47.6 Å². The van der Waals surface area contributed by atoms with Crippen LogP contribution in [-0.4, -0.2) is 25.9 Å². The Balaban J connectivity index is 2.20. The van der Waals surface area contributed by atoms with Crippen LogP contribution in [0.25, 0.3) is 0 Å². The van der Waals surface area contributed by atoms with Crippen LogP contribution < -0.4 is 20.0 Å². The van der Waals surface area contributed by atoms with Gasteiger partial charge in [-0.05, 0) is 42.8 Å². The van der Waals surface area contributed by atoms with Gasteiger partial charge in [-0.25, -0.2) is 0 Å². The number of rotatable bonds is 6. The number of carbonyl (C=O) groups excluding carboxylic acids is 1. The van der Waals surface area contributed by atoms with Gasteiger partial charge in [-0.15, -0.1) is 0 Å². The van der Waals surface area contributed by atoms with Crippen molar-refractivity contribution in [1.29, 1.82) is 0 Å². The molecule has 23 heavy (non-hydrogen) atoms. The van der Waals surface area contributed by atoms with Crippen molar-refractivity contribution in [3.8, 4) is 11.5 Å². The topological polar surface area (TPSA) is 83.0 Å². The normalized spacial score (nSPS) is 11.0. The highest BCUT2D eigenvalue weighted by Crippen LogP contribution is 2.24. The molecule has 6 nitrogen and oxygen atoms in total. The fourth-order valence-corrected chi connectivity index (χ4v) is 1.99. The van der Waals surface area contributed by atoms with Crippen LogP contribution in [0.1, 0.15) is 22.8 Å². The zero-order valence-corrected chi connectivity index (χ0v) is 13.1. The molecule has 0 aromatic heterocycles. The molecule has 0 saturated carbocycles. The molecule has 0 amide bonds. The standard InChI is InChI=1S/C17H18N2O4/c1-11(15-10-14(22-2)8-9-16(15)23-3)18-19-13-6-4-12(5-7-13)17(20)21/h4-10,19H,1-3H3,(H,20,21)/p-1/b18-11-. The summed E-state index contributed by atoms with van der Waals surface area (Å²) in [5.41, 5.74) is 5.15. The maximum absolute atomic E-state index is 10.7. The monoisotopic (exact) mass is 313 g/mol. The molecule has 0 spiro atoms. The lowest BCUT2D eigenvalue weighted by Gasteiger charge is -2.11. The highest BCUT2D eigenvalue weighted by molar-refractivity contribution is 6.01. The molecule has 0 saturated heterocycles. The highest BCUT2D eigenvalue weighted by atomic mass is 16.5. The second kappa shape index (κ2) is 7.31. The molecule has 1 N–H and O–H groups in total. The number of aromatic carboxylic acids is 1. The van der Waals surface area contributed by atoms with Crippen LogP contribution >= 0.6 is 0 Å². The van der Waals surface area contributed by atoms with Crippen molar-refractivity contribution < 1.29 is 19.4 Å². The van der Waals surface area contributed by atoms with E-state index in [0.717, 1.165) is 5.56 Å². The molecule has 0 aliphatic rings. The number of hydrogen-bond donors (Lipinski definition) is 1. The number of anilines is 1. The average Bonchev–Trinajstić information content (AvgIpc) is 2.59. The molecule has 2 rings (SSSR count). The third-order valence-corrected chi connectivity index (χ3v) is 3.27. The summed E-state index contributed by atoms with van der Waals surface area (Å²) in [5, 5.41) is 15.0. The number of carboxylic acid groups (broad SMARTS) is 1. The third kappa shape index (κ3) is 4.00. The second-order valence-corrected chi connectivity index (χ2v) is 4.74. The number of benzene rings is 2. The van der Waals surface area contributed by atoms with Crippen molar-refractivity contribution in [2.24, 2.45) is 5.10 Å². The van der Waals surface area contributed by atoms with E-state index in [1.54, 1.807) is 26.4 Å². The molecular weight excluding hydrogens is 296 g/mol. The van der Waals surface area contributed by atoms with Gasteiger partial charge >= 0.3 is 0 Å². The Morgan fingerprint density at radius 3 is 2.35 bits per heavy atom. The summed E-state index contributed by atoms with van der Waals surface area (Å²) in [4.78, 5) is 10.7. The van der Waals surface area contributed by atoms with Crippen LogP contribution in [0.2, 0.25) is 0 Å². The molecule has 120 valence electrons. The first kappa shape index (κ1) is 16.4. The predicted octanol–water partition coefficient (Wildman–Crippen LogP) is 1.90. The number of carbonyl (C=O) groups is 1. The second-order valence-electron chi connectivity index (χ2n) is 4.74. The number of ether oxygens (including phenoxy) is 2. The summed E-state index contributed by atoms with van der Waals surface area (Å²) in [7, 11) is 3.18. The Hall–Kier alpha value is -3.02. The Labute approximate surface area is 134 Å². The van der Waals surface area contributed by atoms with Crippen molar-refractivity contribution in [2.45, 2.75) is 6.92 Å². The van der Waals surface area contributed by atoms with E-state index in [4.69, 9.17) is 9.47 Å². The lowest BCUT2D eigenvalue weighted by Crippen LogP contribution is -2.21. The molecule has 0 unspecified atom stereocenters. The zero-order valence-electron chi connectivity index (χ0n) is 13.1. The first-order valence-electron chi connectivity index (χ1n) is 6.89. The van der Waals surface area contributed by atoms with Crippen LogP contribution in [0.3, 0.4) is 0 Å². The molecule has 6 heteroatoms. The van der Waals surface area contributed by atoms with E-state index in [1.165, 1.54) is 12.1 Å². The zero-order chi connectivity index (χ0) is 16.8. The van der Waals surface area contributed by atoms with E-state index >= 15 is 0 Å². The van der Waals surface area contributed by atoms with E-state index in [2.05, 4.69) is 10.5 Å². The van der Waals surface area contributed by atoms with Gasteiger partial charge < -0.3 is 19.4 Å². The van der Waals surface area contributed by atoms with Crippen molar-refractivity contribution in [3.63, 3.8) is 0 Å². The van der Waals surface area contributed by atoms with Gasteiger partial charge in [-0.1, -0.05) is 12.1 Å². The molecule has 2 aromatic carbocycles. The predicted molar refractivity (Wildman–Crippen MR) is 86.2 cm³/mol. The largest absolute Gasteiger partial charge is 0.545 e. The van der Waals surface area contributed by atoms with Gasteiger partial charge in [0.25, 0.3) is 0 Å². The summed E-state index contributed by atoms with van der Waals surface area (Å²) < 4.78 is 10.5. The van der Waals surface area contributed by atoms with E-state index in [1.807, 2.05) is 25.1 Å². The Kier molecular flexibility index (Phi) is 5.19. The van der Waals surface area contributed by atoms with Crippen molar-refractivity contribution in [1.82, 2.24) is 0 Å². The fourth-order valence-electron chi connectivity index (χ4n) is 1.99. The summed E-state index contributed by atoms with van der Waals surface area (Å²) in [6, 6.07) is 11.6. The number of methoxy groups -OCH3 is 2. The van der Waals surface area contributed by atoms with Gasteiger partial charge in [0.2, 0.25) is 0 Å². The molecular formula is C17H17N2O4-.